The average Bonchev–Trinajstić information content (AvgIpc) is 2.75. The predicted molar refractivity (Wildman–Crippen MR) is 129 cm³/mol. The molecule has 0 fully saturated rings. The van der Waals surface area contributed by atoms with Crippen molar-refractivity contribution in [1.29, 1.82) is 0 Å². The third-order valence-electron chi connectivity index (χ3n) is 6.12. The summed E-state index contributed by atoms with van der Waals surface area (Å²) < 4.78 is 0. The van der Waals surface area contributed by atoms with E-state index < -0.39 is 0 Å². The van der Waals surface area contributed by atoms with Crippen molar-refractivity contribution in [2.45, 2.75) is 60.0 Å². The monoisotopic (exact) mass is 400 g/mol. The van der Waals surface area contributed by atoms with Crippen molar-refractivity contribution in [1.82, 2.24) is 9.88 Å². The van der Waals surface area contributed by atoms with Gasteiger partial charge in [0.15, 0.2) is 0 Å². The van der Waals surface area contributed by atoms with E-state index in [0.29, 0.717) is 12.0 Å². The van der Waals surface area contributed by atoms with E-state index in [-0.39, 0.29) is 0 Å². The molecule has 1 atom stereocenters. The molecule has 0 spiro atoms. The number of rotatable bonds is 8. The van der Waals surface area contributed by atoms with Crippen molar-refractivity contribution in [3.8, 4) is 11.3 Å². The molecule has 0 aliphatic carbocycles. The van der Waals surface area contributed by atoms with E-state index in [9.17, 15) is 0 Å². The van der Waals surface area contributed by atoms with Crippen LogP contribution in [0.15, 0.2) is 60.7 Å². The molecule has 30 heavy (non-hydrogen) atoms. The molecular formula is C28H36N2. The van der Waals surface area contributed by atoms with Gasteiger partial charge in [0.2, 0.25) is 0 Å². The summed E-state index contributed by atoms with van der Waals surface area (Å²) >= 11 is 0. The molecule has 3 aromatic rings. The van der Waals surface area contributed by atoms with Gasteiger partial charge in [-0.1, -0.05) is 82.3 Å². The largest absolute Gasteiger partial charge is 0.295 e. The van der Waals surface area contributed by atoms with Gasteiger partial charge in [-0.25, -0.2) is 0 Å². The van der Waals surface area contributed by atoms with E-state index in [0.717, 1.165) is 30.8 Å². The van der Waals surface area contributed by atoms with Crippen molar-refractivity contribution in [2.75, 3.05) is 7.05 Å². The molecule has 0 N–H and O–H groups in total. The summed E-state index contributed by atoms with van der Waals surface area (Å²) in [4.78, 5) is 7.52. The van der Waals surface area contributed by atoms with Crippen LogP contribution in [0.4, 0.5) is 0 Å². The topological polar surface area (TPSA) is 16.1 Å². The highest BCUT2D eigenvalue weighted by Crippen LogP contribution is 2.31. The first-order chi connectivity index (χ1) is 14.5. The van der Waals surface area contributed by atoms with Gasteiger partial charge >= 0.3 is 0 Å². The van der Waals surface area contributed by atoms with Crippen molar-refractivity contribution in [3.63, 3.8) is 0 Å². The molecule has 0 saturated heterocycles. The van der Waals surface area contributed by atoms with Crippen molar-refractivity contribution >= 4 is 0 Å². The predicted octanol–water partition coefficient (Wildman–Crippen LogP) is 7.01. The third-order valence-corrected chi connectivity index (χ3v) is 6.12. The number of aromatic nitrogens is 1. The quantitative estimate of drug-likeness (QED) is 0.404. The lowest BCUT2D eigenvalue weighted by atomic mass is 9.93. The summed E-state index contributed by atoms with van der Waals surface area (Å²) in [7, 11) is 2.23. The minimum Gasteiger partial charge on any atom is -0.295 e. The molecule has 2 heteroatoms. The second kappa shape index (κ2) is 10.0. The second-order valence-corrected chi connectivity index (χ2v) is 8.61. The third kappa shape index (κ3) is 4.82. The van der Waals surface area contributed by atoms with Gasteiger partial charge in [0, 0.05) is 23.8 Å². The van der Waals surface area contributed by atoms with Crippen LogP contribution < -0.4 is 0 Å². The van der Waals surface area contributed by atoms with Gasteiger partial charge in [0.25, 0.3) is 0 Å². The number of nitrogens with zero attached hydrogens (tertiary/aromatic N) is 2. The Labute approximate surface area is 183 Å². The molecule has 1 heterocycles. The minimum absolute atomic E-state index is 0.387. The maximum Gasteiger partial charge on any atom is 0.0710 e. The summed E-state index contributed by atoms with van der Waals surface area (Å²) in [6, 6.07) is 22.4. The summed E-state index contributed by atoms with van der Waals surface area (Å²) in [6.07, 6.45) is 2.06. The normalized spacial score (nSPS) is 12.5. The van der Waals surface area contributed by atoms with Crippen LogP contribution in [-0.2, 0) is 19.4 Å². The van der Waals surface area contributed by atoms with E-state index in [1.807, 2.05) is 0 Å². The SMILES string of the molecule is CCc1cccc(CC)c1-c1ccc(CN(C)C(c2ccccc2)C(C)C)c(C)n1. The number of pyridine rings is 1. The molecule has 2 nitrogen and oxygen atoms in total. The Kier molecular flexibility index (Phi) is 7.44. The molecule has 0 bridgehead atoms. The van der Waals surface area contributed by atoms with Crippen LogP contribution in [-0.4, -0.2) is 16.9 Å². The van der Waals surface area contributed by atoms with E-state index >= 15 is 0 Å². The van der Waals surface area contributed by atoms with Crippen molar-refractivity contribution in [3.05, 3.63) is 88.6 Å². The first-order valence-corrected chi connectivity index (χ1v) is 11.3. The average molecular weight is 401 g/mol. The minimum atomic E-state index is 0.387. The van der Waals surface area contributed by atoms with Gasteiger partial charge in [-0.15, -0.1) is 0 Å². The van der Waals surface area contributed by atoms with Crippen LogP contribution in [0.1, 0.15) is 61.7 Å². The zero-order valence-electron chi connectivity index (χ0n) is 19.4. The highest BCUT2D eigenvalue weighted by molar-refractivity contribution is 5.68. The summed E-state index contributed by atoms with van der Waals surface area (Å²) in [5.41, 5.74) is 9.01. The first kappa shape index (κ1) is 22.2. The highest BCUT2D eigenvalue weighted by atomic mass is 15.1. The molecule has 158 valence electrons. The zero-order chi connectivity index (χ0) is 21.7. The van der Waals surface area contributed by atoms with E-state index in [1.165, 1.54) is 27.8 Å². The second-order valence-electron chi connectivity index (χ2n) is 8.61. The summed E-state index contributed by atoms with van der Waals surface area (Å²) in [5, 5.41) is 0. The Morgan fingerprint density at radius 3 is 1.97 bits per heavy atom. The van der Waals surface area contributed by atoms with Gasteiger partial charge in [0.05, 0.1) is 5.69 Å². The smallest absolute Gasteiger partial charge is 0.0710 e. The fourth-order valence-corrected chi connectivity index (χ4v) is 4.63. The van der Waals surface area contributed by atoms with Gasteiger partial charge < -0.3 is 0 Å². The maximum atomic E-state index is 5.06. The van der Waals surface area contributed by atoms with Crippen LogP contribution in [0.25, 0.3) is 11.3 Å². The fourth-order valence-electron chi connectivity index (χ4n) is 4.63. The molecular weight excluding hydrogens is 364 g/mol. The van der Waals surface area contributed by atoms with Gasteiger partial charge in [-0.05, 0) is 61.1 Å². The van der Waals surface area contributed by atoms with E-state index in [2.05, 4.69) is 107 Å². The van der Waals surface area contributed by atoms with Gasteiger partial charge in [0.1, 0.15) is 0 Å². The standard InChI is InChI=1S/C28H36N2/c1-7-22-15-12-16-23(8-2)27(22)26-18-17-25(21(5)29-26)19-30(6)28(20(3)4)24-13-10-9-11-14-24/h9-18,20,28H,7-8,19H2,1-6H3. The Hall–Kier alpha value is -2.45. The van der Waals surface area contributed by atoms with Crippen LogP contribution >= 0.6 is 0 Å². The van der Waals surface area contributed by atoms with E-state index in [4.69, 9.17) is 4.98 Å². The lowest BCUT2D eigenvalue weighted by Crippen LogP contribution is -2.28. The van der Waals surface area contributed by atoms with Gasteiger partial charge in [-0.3, -0.25) is 9.88 Å². The Balaban J connectivity index is 1.89. The lowest BCUT2D eigenvalue weighted by molar-refractivity contribution is 0.185. The van der Waals surface area contributed by atoms with Gasteiger partial charge in [-0.2, -0.15) is 0 Å². The van der Waals surface area contributed by atoms with Crippen LogP contribution in [0.3, 0.4) is 0 Å². The number of hydrogen-bond acceptors (Lipinski definition) is 2. The highest BCUT2D eigenvalue weighted by Gasteiger charge is 2.21. The first-order valence-electron chi connectivity index (χ1n) is 11.3. The molecule has 2 aromatic carbocycles. The Morgan fingerprint density at radius 1 is 0.800 bits per heavy atom. The number of benzene rings is 2. The molecule has 0 radical (unpaired) electrons. The number of hydrogen-bond donors (Lipinski definition) is 0. The molecule has 3 rings (SSSR count). The van der Waals surface area contributed by atoms with Crippen LogP contribution in [0.2, 0.25) is 0 Å². The molecule has 0 aliphatic heterocycles. The number of aryl methyl sites for hydroxylation is 3. The Morgan fingerprint density at radius 2 is 1.43 bits per heavy atom. The summed E-state index contributed by atoms with van der Waals surface area (Å²) in [5.74, 6) is 0.536. The molecule has 0 aliphatic rings. The fraction of sp³-hybridized carbons (Fsp3) is 0.393. The zero-order valence-corrected chi connectivity index (χ0v) is 19.4. The molecule has 0 saturated carbocycles. The van der Waals surface area contributed by atoms with Crippen LogP contribution in [0, 0.1) is 12.8 Å². The molecule has 1 aromatic heterocycles. The molecule has 1 unspecified atom stereocenters. The van der Waals surface area contributed by atoms with Crippen LogP contribution in [0.5, 0.6) is 0 Å². The maximum absolute atomic E-state index is 5.06. The van der Waals surface area contributed by atoms with E-state index in [1.54, 1.807) is 0 Å². The van der Waals surface area contributed by atoms with Crippen molar-refractivity contribution in [2.24, 2.45) is 5.92 Å². The Bertz CT molecular complexity index is 937. The molecule has 0 amide bonds. The lowest BCUT2D eigenvalue weighted by Gasteiger charge is -2.32. The van der Waals surface area contributed by atoms with Crippen molar-refractivity contribution < 1.29 is 0 Å². The summed E-state index contributed by atoms with van der Waals surface area (Å²) in [6.45, 7) is 12.1.